The first-order chi connectivity index (χ1) is 11.5. The van der Waals surface area contributed by atoms with Crippen LogP contribution in [0.3, 0.4) is 0 Å². The number of hydrogen-bond donors (Lipinski definition) is 3. The molecule has 9 heteroatoms. The number of amides is 1. The molecule has 4 N–H and O–H groups in total. The van der Waals surface area contributed by atoms with E-state index in [4.69, 9.17) is 5.73 Å². The molecule has 0 aromatic carbocycles. The molecule has 122 valence electrons. The monoisotopic (exact) mass is 341 g/mol. The van der Waals surface area contributed by atoms with Gasteiger partial charge in [-0.05, 0) is 17.4 Å². The molecule has 0 saturated carbocycles. The van der Waals surface area contributed by atoms with Gasteiger partial charge in [-0.15, -0.1) is 11.3 Å². The summed E-state index contributed by atoms with van der Waals surface area (Å²) in [5.74, 6) is -0.0755. The summed E-state index contributed by atoms with van der Waals surface area (Å²) in [6.45, 7) is 4.14. The van der Waals surface area contributed by atoms with E-state index in [-0.39, 0.29) is 17.3 Å². The van der Waals surface area contributed by atoms with Gasteiger partial charge in [-0.3, -0.25) is 15.2 Å². The topological polar surface area (TPSA) is 122 Å². The molecule has 4 rings (SSSR count). The van der Waals surface area contributed by atoms with Crippen molar-refractivity contribution in [1.82, 2.24) is 25.1 Å². The molecule has 3 aromatic heterocycles. The first-order valence-corrected chi connectivity index (χ1v) is 8.25. The Labute approximate surface area is 141 Å². The van der Waals surface area contributed by atoms with Crippen molar-refractivity contribution in [3.05, 3.63) is 34.6 Å². The van der Waals surface area contributed by atoms with Gasteiger partial charge >= 0.3 is 0 Å². The van der Waals surface area contributed by atoms with Crippen LogP contribution in [0.4, 0.5) is 11.1 Å². The summed E-state index contributed by atoms with van der Waals surface area (Å²) in [5, 5.41) is 12.3. The van der Waals surface area contributed by atoms with Gasteiger partial charge in [0.1, 0.15) is 11.4 Å². The maximum atomic E-state index is 12.6. The molecule has 0 spiro atoms. The zero-order valence-corrected chi connectivity index (χ0v) is 13.9. The third-order valence-corrected chi connectivity index (χ3v) is 4.75. The fraction of sp³-hybridized carbons (Fsp3) is 0.267. The normalized spacial score (nSPS) is 14.8. The number of nitrogens with one attached hydrogen (secondary N) is 2. The number of thiazole rings is 1. The Bertz CT molecular complexity index is 929. The number of aromatic amines is 1. The van der Waals surface area contributed by atoms with Crippen molar-refractivity contribution in [3.63, 3.8) is 0 Å². The van der Waals surface area contributed by atoms with E-state index in [2.05, 4.69) is 44.3 Å². The van der Waals surface area contributed by atoms with E-state index >= 15 is 0 Å². The summed E-state index contributed by atoms with van der Waals surface area (Å²) in [7, 11) is 0. The molecule has 24 heavy (non-hydrogen) atoms. The highest BCUT2D eigenvalue weighted by Gasteiger charge is 2.38. The second-order valence-electron chi connectivity index (χ2n) is 6.28. The van der Waals surface area contributed by atoms with Gasteiger partial charge in [-0.25, -0.2) is 15.0 Å². The van der Waals surface area contributed by atoms with Gasteiger partial charge in [0.25, 0.3) is 5.91 Å². The molecule has 0 fully saturated rings. The predicted octanol–water partition coefficient (Wildman–Crippen LogP) is 1.99. The van der Waals surface area contributed by atoms with Gasteiger partial charge in [-0.1, -0.05) is 13.8 Å². The Morgan fingerprint density at radius 2 is 2.21 bits per heavy atom. The van der Waals surface area contributed by atoms with Gasteiger partial charge in [0.15, 0.2) is 5.13 Å². The second kappa shape index (κ2) is 5.10. The Hall–Kier alpha value is -2.81. The number of aromatic nitrogens is 5. The Morgan fingerprint density at radius 3 is 2.96 bits per heavy atom. The maximum absolute atomic E-state index is 12.6. The van der Waals surface area contributed by atoms with Crippen LogP contribution in [0, 0.1) is 0 Å². The third-order valence-electron chi connectivity index (χ3n) is 4.06. The molecule has 0 atom stereocenters. The first kappa shape index (κ1) is 14.8. The molecule has 3 heterocycles. The van der Waals surface area contributed by atoms with Crippen LogP contribution >= 0.6 is 11.3 Å². The molecule has 8 nitrogen and oxygen atoms in total. The lowest BCUT2D eigenvalue weighted by molar-refractivity contribution is 0.102. The summed E-state index contributed by atoms with van der Waals surface area (Å²) in [6.07, 6.45) is 4.07. The Kier molecular flexibility index (Phi) is 3.14. The smallest absolute Gasteiger partial charge is 0.275 e. The van der Waals surface area contributed by atoms with Gasteiger partial charge in [-0.2, -0.15) is 5.10 Å². The molecular formula is C15H15N7OS. The van der Waals surface area contributed by atoms with E-state index in [0.717, 1.165) is 11.1 Å². The van der Waals surface area contributed by atoms with Crippen molar-refractivity contribution in [3.8, 4) is 11.4 Å². The molecule has 3 aromatic rings. The minimum absolute atomic E-state index is 0.191. The summed E-state index contributed by atoms with van der Waals surface area (Å²) in [4.78, 5) is 25.1. The average Bonchev–Trinajstić information content (AvgIpc) is 3.17. The van der Waals surface area contributed by atoms with Crippen LogP contribution in [0.25, 0.3) is 11.4 Å². The molecule has 1 aliphatic carbocycles. The maximum Gasteiger partial charge on any atom is 0.275 e. The summed E-state index contributed by atoms with van der Waals surface area (Å²) < 4.78 is 0. The van der Waals surface area contributed by atoms with Crippen LogP contribution in [0.2, 0.25) is 0 Å². The van der Waals surface area contributed by atoms with Gasteiger partial charge < -0.3 is 5.73 Å². The number of carbonyl (C=O) groups is 1. The zero-order chi connectivity index (χ0) is 16.9. The lowest BCUT2D eigenvalue weighted by atomic mass is 9.73. The summed E-state index contributed by atoms with van der Waals surface area (Å²) >= 11 is 1.36. The van der Waals surface area contributed by atoms with Crippen molar-refractivity contribution < 1.29 is 4.79 Å². The minimum atomic E-state index is -0.287. The number of hydrogen-bond acceptors (Lipinski definition) is 7. The molecule has 1 amide bonds. The Morgan fingerprint density at radius 1 is 1.38 bits per heavy atom. The fourth-order valence-electron chi connectivity index (χ4n) is 3.10. The van der Waals surface area contributed by atoms with Crippen molar-refractivity contribution in [1.29, 1.82) is 0 Å². The molecule has 0 bridgehead atoms. The highest BCUT2D eigenvalue weighted by Crippen LogP contribution is 2.42. The third kappa shape index (κ3) is 2.24. The van der Waals surface area contributed by atoms with Crippen molar-refractivity contribution in [2.75, 3.05) is 11.1 Å². The van der Waals surface area contributed by atoms with E-state index in [1.165, 1.54) is 11.3 Å². The quantitative estimate of drug-likeness (QED) is 0.655. The lowest BCUT2D eigenvalue weighted by Gasteiger charge is -2.30. The number of fused-ring (bicyclic) bond motifs is 3. The van der Waals surface area contributed by atoms with Crippen molar-refractivity contribution >= 4 is 28.3 Å². The van der Waals surface area contributed by atoms with E-state index in [1.807, 2.05) is 0 Å². The average molecular weight is 341 g/mol. The number of H-pyrrole nitrogens is 1. The van der Waals surface area contributed by atoms with Gasteiger partial charge in [0, 0.05) is 23.3 Å². The molecule has 0 unspecified atom stereocenters. The van der Waals surface area contributed by atoms with Crippen LogP contribution in [0.1, 0.15) is 35.5 Å². The van der Waals surface area contributed by atoms with Crippen LogP contribution in [0.5, 0.6) is 0 Å². The van der Waals surface area contributed by atoms with E-state index in [1.54, 1.807) is 17.8 Å². The number of nitrogen functional groups attached to an aromatic ring is 1. The number of nitrogens with two attached hydrogens (primary N) is 1. The largest absolute Gasteiger partial charge is 0.368 e. The molecule has 0 radical (unpaired) electrons. The van der Waals surface area contributed by atoms with E-state index < -0.39 is 0 Å². The van der Waals surface area contributed by atoms with Gasteiger partial charge in [0.05, 0.1) is 5.69 Å². The van der Waals surface area contributed by atoms with E-state index in [0.29, 0.717) is 28.6 Å². The van der Waals surface area contributed by atoms with Crippen molar-refractivity contribution in [2.24, 2.45) is 0 Å². The minimum Gasteiger partial charge on any atom is -0.368 e. The molecule has 0 aliphatic heterocycles. The van der Waals surface area contributed by atoms with Crippen LogP contribution in [-0.2, 0) is 11.8 Å². The number of anilines is 2. The Balaban J connectivity index is 1.82. The van der Waals surface area contributed by atoms with Crippen molar-refractivity contribution in [2.45, 2.75) is 25.7 Å². The van der Waals surface area contributed by atoms with Crippen LogP contribution < -0.4 is 11.1 Å². The highest BCUT2D eigenvalue weighted by molar-refractivity contribution is 7.13. The molecule has 1 aliphatic rings. The first-order valence-electron chi connectivity index (χ1n) is 7.37. The second-order valence-corrected chi connectivity index (χ2v) is 7.17. The standard InChI is InChI=1S/C15H15N7OS/c1-15(2)5-7-6-18-13(16)19-9(7)10-8(15)11(22-21-10)12(23)20-14-17-3-4-24-14/h3-4,6H,5H2,1-2H3,(H,21,22)(H2,16,18,19)(H,17,20,23). The molecular weight excluding hydrogens is 326 g/mol. The number of carbonyl (C=O) groups excluding carboxylic acids is 1. The molecule has 0 saturated heterocycles. The zero-order valence-electron chi connectivity index (χ0n) is 13.1. The summed E-state index contributed by atoms with van der Waals surface area (Å²) in [6, 6.07) is 0. The summed E-state index contributed by atoms with van der Waals surface area (Å²) in [5.41, 5.74) is 9.00. The highest BCUT2D eigenvalue weighted by atomic mass is 32.1. The van der Waals surface area contributed by atoms with Gasteiger partial charge in [0.2, 0.25) is 5.95 Å². The predicted molar refractivity (Wildman–Crippen MR) is 90.8 cm³/mol. The SMILES string of the molecule is CC1(C)Cc2cnc(N)nc2-c2n[nH]c(C(=O)Nc3nccs3)c21. The fourth-order valence-corrected chi connectivity index (χ4v) is 3.62. The van der Waals surface area contributed by atoms with E-state index in [9.17, 15) is 4.79 Å². The number of rotatable bonds is 2. The number of nitrogens with zero attached hydrogens (tertiary/aromatic N) is 4. The van der Waals surface area contributed by atoms with Crippen LogP contribution in [0.15, 0.2) is 17.8 Å². The lowest BCUT2D eigenvalue weighted by Crippen LogP contribution is -2.29. The van der Waals surface area contributed by atoms with Crippen LogP contribution in [-0.4, -0.2) is 31.1 Å².